The van der Waals surface area contributed by atoms with E-state index in [1.165, 1.54) is 0 Å². The molecule has 3 saturated heterocycles. The number of aliphatic hydroxyl groups excluding tert-OH is 1. The predicted octanol–water partition coefficient (Wildman–Crippen LogP) is 3.52. The van der Waals surface area contributed by atoms with Crippen molar-refractivity contribution in [3.05, 3.63) is 30.3 Å². The van der Waals surface area contributed by atoms with Crippen molar-refractivity contribution >= 4 is 35.5 Å². The Hall–Kier alpha value is -1.46. The highest BCUT2D eigenvalue weighted by atomic mass is 32.2. The monoisotopic (exact) mass is 565 g/mol. The summed E-state index contributed by atoms with van der Waals surface area (Å²) in [5, 5.41) is 18.0. The molecule has 0 aliphatic carbocycles. The molecule has 38 heavy (non-hydrogen) atoms. The number of benzene rings is 1. The number of carbonyl (C=O) groups excluding carboxylic acids is 2. The second kappa shape index (κ2) is 13.3. The van der Waals surface area contributed by atoms with Gasteiger partial charge >= 0.3 is 6.09 Å². The summed E-state index contributed by atoms with van der Waals surface area (Å²) >= 11 is 3.54. The van der Waals surface area contributed by atoms with Crippen LogP contribution in [-0.2, 0) is 14.3 Å². The minimum Gasteiger partial charge on any atom is -0.443 e. The molecule has 3 fully saturated rings. The molecule has 3 N–H and O–H groups in total. The van der Waals surface area contributed by atoms with Crippen molar-refractivity contribution in [3.63, 3.8) is 0 Å². The molecule has 8 nitrogen and oxygen atoms in total. The molecule has 1 aromatic rings. The number of carbonyl (C=O) groups is 2. The Kier molecular flexibility index (Phi) is 10.3. The van der Waals surface area contributed by atoms with Crippen LogP contribution >= 0.6 is 23.5 Å². The van der Waals surface area contributed by atoms with Gasteiger partial charge in [0, 0.05) is 40.9 Å². The molecule has 0 saturated carbocycles. The smallest absolute Gasteiger partial charge is 0.407 e. The summed E-state index contributed by atoms with van der Waals surface area (Å²) in [6.45, 7) is 9.52. The van der Waals surface area contributed by atoms with Gasteiger partial charge < -0.3 is 25.2 Å². The van der Waals surface area contributed by atoms with Gasteiger partial charge in [-0.3, -0.25) is 9.69 Å². The van der Waals surface area contributed by atoms with Crippen LogP contribution in [-0.4, -0.2) is 94.4 Å². The van der Waals surface area contributed by atoms with Gasteiger partial charge in [-0.1, -0.05) is 18.2 Å². The third-order valence-electron chi connectivity index (χ3n) is 7.44. The van der Waals surface area contributed by atoms with Crippen molar-refractivity contribution in [1.82, 2.24) is 15.5 Å². The molecular weight excluding hydrogens is 522 g/mol. The number of hydrogen-bond donors (Lipinski definition) is 3. The molecule has 7 atom stereocenters. The molecule has 212 valence electrons. The average molecular weight is 566 g/mol. The quantitative estimate of drug-likeness (QED) is 0.391. The maximum absolute atomic E-state index is 13.3. The number of thioether (sulfide) groups is 2. The molecule has 3 aliphatic heterocycles. The summed E-state index contributed by atoms with van der Waals surface area (Å²) in [6.07, 6.45) is 0.732. The van der Waals surface area contributed by atoms with Gasteiger partial charge in [-0.15, -0.1) is 11.8 Å². The molecule has 0 unspecified atom stereocenters. The standard InChI is InChI=1S/C28H43N3O5S2/c1-18-24(10-12-35-18)36-27(34)29-21(17-38-20-8-6-5-7-9-20)23(32)16-31-15-19-11-13-37-25(19)14-22(31)26(33)30-28(2,3)4/h5-9,18-19,21-25,32H,10-17H2,1-4H3,(H,29,34)(H,30,33)/t18-,19-,21+,22+,23-,24-,25+/m1/s1. The minimum atomic E-state index is -0.869. The fourth-order valence-corrected chi connectivity index (χ4v) is 7.98. The highest BCUT2D eigenvalue weighted by Gasteiger charge is 2.43. The lowest BCUT2D eigenvalue weighted by Crippen LogP contribution is -2.60. The number of β-amino-alcohol motifs (C(OH)–C–C–N with tert-alkyl or cyclic N) is 1. The first-order valence-electron chi connectivity index (χ1n) is 13.7. The van der Waals surface area contributed by atoms with Crippen LogP contribution in [0.2, 0.25) is 0 Å². The van der Waals surface area contributed by atoms with Gasteiger partial charge in [-0.05, 0) is 64.3 Å². The van der Waals surface area contributed by atoms with E-state index < -0.39 is 18.2 Å². The molecule has 3 heterocycles. The molecule has 0 radical (unpaired) electrons. The third-order valence-corrected chi connectivity index (χ3v) is 10.0. The average Bonchev–Trinajstić information content (AvgIpc) is 3.48. The van der Waals surface area contributed by atoms with Gasteiger partial charge in [-0.25, -0.2) is 4.79 Å². The number of piperidine rings is 1. The van der Waals surface area contributed by atoms with E-state index >= 15 is 0 Å². The number of nitrogens with one attached hydrogen (secondary N) is 2. The summed E-state index contributed by atoms with van der Waals surface area (Å²) < 4.78 is 11.2. The number of aliphatic hydroxyl groups is 1. The minimum absolute atomic E-state index is 0.00782. The number of rotatable bonds is 9. The summed E-state index contributed by atoms with van der Waals surface area (Å²) in [7, 11) is 0. The molecular formula is C28H43N3O5S2. The number of amides is 2. The van der Waals surface area contributed by atoms with Crippen molar-refractivity contribution in [1.29, 1.82) is 0 Å². The predicted molar refractivity (Wildman–Crippen MR) is 153 cm³/mol. The molecule has 3 aliphatic rings. The van der Waals surface area contributed by atoms with Crippen molar-refractivity contribution in [2.24, 2.45) is 5.92 Å². The fourth-order valence-electron chi connectivity index (χ4n) is 5.40. The van der Waals surface area contributed by atoms with Gasteiger partial charge in [0.2, 0.25) is 5.91 Å². The Bertz CT molecular complexity index is 931. The highest BCUT2D eigenvalue weighted by Crippen LogP contribution is 2.40. The Labute approximate surface area is 235 Å². The zero-order valence-electron chi connectivity index (χ0n) is 22.9. The summed E-state index contributed by atoms with van der Waals surface area (Å²) in [5.41, 5.74) is -0.331. The summed E-state index contributed by atoms with van der Waals surface area (Å²) in [6, 6.07) is 9.08. The second-order valence-corrected chi connectivity index (χ2v) is 14.1. The molecule has 2 amide bonds. The maximum atomic E-state index is 13.3. The van der Waals surface area contributed by atoms with E-state index in [0.29, 0.717) is 36.5 Å². The van der Waals surface area contributed by atoms with E-state index in [9.17, 15) is 14.7 Å². The lowest BCUT2D eigenvalue weighted by molar-refractivity contribution is -0.130. The van der Waals surface area contributed by atoms with Gasteiger partial charge in [-0.2, -0.15) is 11.8 Å². The Morgan fingerprint density at radius 1 is 1.26 bits per heavy atom. The van der Waals surface area contributed by atoms with Crippen LogP contribution in [0.1, 0.15) is 47.0 Å². The van der Waals surface area contributed by atoms with Gasteiger partial charge in [0.1, 0.15) is 6.10 Å². The first-order valence-corrected chi connectivity index (χ1v) is 15.7. The van der Waals surface area contributed by atoms with Crippen LogP contribution in [0.5, 0.6) is 0 Å². The molecule has 4 rings (SSSR count). The highest BCUT2D eigenvalue weighted by molar-refractivity contribution is 8.00. The Morgan fingerprint density at radius 3 is 2.71 bits per heavy atom. The van der Waals surface area contributed by atoms with E-state index in [0.717, 1.165) is 30.0 Å². The fraction of sp³-hybridized carbons (Fsp3) is 0.714. The Morgan fingerprint density at radius 2 is 2.03 bits per heavy atom. The van der Waals surface area contributed by atoms with Gasteiger partial charge in [0.15, 0.2) is 0 Å². The largest absolute Gasteiger partial charge is 0.443 e. The zero-order valence-corrected chi connectivity index (χ0v) is 24.6. The number of ether oxygens (including phenoxy) is 2. The zero-order chi connectivity index (χ0) is 27.3. The normalized spacial score (nSPS) is 29.3. The first-order chi connectivity index (χ1) is 18.1. The Balaban J connectivity index is 1.45. The lowest BCUT2D eigenvalue weighted by Gasteiger charge is -2.43. The third kappa shape index (κ3) is 8.27. The van der Waals surface area contributed by atoms with E-state index in [1.54, 1.807) is 11.8 Å². The van der Waals surface area contributed by atoms with Gasteiger partial charge in [0.25, 0.3) is 0 Å². The number of nitrogens with zero attached hydrogens (tertiary/aromatic N) is 1. The number of hydrogen-bond acceptors (Lipinski definition) is 8. The number of likely N-dealkylation sites (tertiary alicyclic amines) is 1. The molecule has 0 aromatic heterocycles. The van der Waals surface area contributed by atoms with E-state index in [1.807, 2.05) is 69.8 Å². The van der Waals surface area contributed by atoms with Crippen LogP contribution in [0.15, 0.2) is 35.2 Å². The molecule has 0 bridgehead atoms. The van der Waals surface area contributed by atoms with E-state index in [4.69, 9.17) is 9.47 Å². The lowest BCUT2D eigenvalue weighted by atomic mass is 9.89. The second-order valence-electron chi connectivity index (χ2n) is 11.7. The SMILES string of the molecule is C[C@H]1OCC[C@H]1OC(=O)N[C@@H](CSc1ccccc1)[C@H](O)CN1C[C@H]2CCS[C@H]2C[C@H]1C(=O)NC(C)(C)C. The topological polar surface area (TPSA) is 100 Å². The number of fused-ring (bicyclic) bond motifs is 1. The van der Waals surface area contributed by atoms with Crippen molar-refractivity contribution in [2.45, 2.75) is 93.0 Å². The molecule has 1 aromatic carbocycles. The van der Waals surface area contributed by atoms with E-state index in [2.05, 4.69) is 15.5 Å². The first kappa shape index (κ1) is 29.5. The van der Waals surface area contributed by atoms with Crippen LogP contribution in [0.4, 0.5) is 4.79 Å². The summed E-state index contributed by atoms with van der Waals surface area (Å²) in [5.74, 6) is 2.12. The molecule has 0 spiro atoms. The van der Waals surface area contributed by atoms with Crippen molar-refractivity contribution < 1.29 is 24.2 Å². The van der Waals surface area contributed by atoms with Crippen LogP contribution in [0.25, 0.3) is 0 Å². The maximum Gasteiger partial charge on any atom is 0.407 e. The van der Waals surface area contributed by atoms with Gasteiger partial charge in [0.05, 0.1) is 30.9 Å². The van der Waals surface area contributed by atoms with Crippen LogP contribution in [0, 0.1) is 5.92 Å². The summed E-state index contributed by atoms with van der Waals surface area (Å²) in [4.78, 5) is 29.4. The van der Waals surface area contributed by atoms with Crippen molar-refractivity contribution in [3.8, 4) is 0 Å². The van der Waals surface area contributed by atoms with Crippen LogP contribution < -0.4 is 10.6 Å². The number of alkyl carbamates (subject to hydrolysis) is 1. The molecule has 10 heteroatoms. The van der Waals surface area contributed by atoms with Crippen molar-refractivity contribution in [2.75, 3.05) is 31.2 Å². The van der Waals surface area contributed by atoms with Crippen LogP contribution in [0.3, 0.4) is 0 Å². The van der Waals surface area contributed by atoms with E-state index in [-0.39, 0.29) is 29.7 Å².